The van der Waals surface area contributed by atoms with Gasteiger partial charge in [-0.1, -0.05) is 23.4 Å². The third-order valence-corrected chi connectivity index (χ3v) is 4.78. The number of piperidine rings is 1. The van der Waals surface area contributed by atoms with E-state index in [1.54, 1.807) is 18.3 Å². The van der Waals surface area contributed by atoms with Crippen LogP contribution >= 0.6 is 0 Å². The number of likely N-dealkylation sites (tertiary alicyclic amines) is 1. The van der Waals surface area contributed by atoms with Gasteiger partial charge in [-0.25, -0.2) is 4.39 Å². The third-order valence-electron chi connectivity index (χ3n) is 4.78. The van der Waals surface area contributed by atoms with E-state index in [4.69, 9.17) is 4.52 Å². The number of H-pyrrole nitrogens is 1. The molecule has 1 N–H and O–H groups in total. The van der Waals surface area contributed by atoms with Crippen molar-refractivity contribution in [1.29, 1.82) is 0 Å². The minimum Gasteiger partial charge on any atom is -0.334 e. The summed E-state index contributed by atoms with van der Waals surface area (Å²) in [5.74, 6) is 1.17. The maximum absolute atomic E-state index is 13.8. The molecule has 1 fully saturated rings. The van der Waals surface area contributed by atoms with Gasteiger partial charge in [-0.2, -0.15) is 4.98 Å². The van der Waals surface area contributed by atoms with Crippen molar-refractivity contribution < 1.29 is 8.91 Å². The van der Waals surface area contributed by atoms with Crippen molar-refractivity contribution in [2.45, 2.75) is 25.3 Å². The molecule has 1 aliphatic rings. The zero-order valence-electron chi connectivity index (χ0n) is 14.2. The minimum atomic E-state index is -0.171. The molecule has 0 radical (unpaired) electrons. The van der Waals surface area contributed by atoms with Crippen molar-refractivity contribution in [3.63, 3.8) is 0 Å². The van der Waals surface area contributed by atoms with E-state index in [1.165, 1.54) is 12.1 Å². The van der Waals surface area contributed by atoms with Crippen LogP contribution in [0.2, 0.25) is 0 Å². The van der Waals surface area contributed by atoms with Gasteiger partial charge in [0, 0.05) is 30.3 Å². The zero-order valence-corrected chi connectivity index (χ0v) is 14.2. The van der Waals surface area contributed by atoms with Crippen LogP contribution in [0.1, 0.15) is 30.1 Å². The Kier molecular flexibility index (Phi) is 4.62. The highest BCUT2D eigenvalue weighted by atomic mass is 19.1. The van der Waals surface area contributed by atoms with E-state index in [2.05, 4.69) is 20.0 Å². The van der Waals surface area contributed by atoms with Gasteiger partial charge >= 0.3 is 0 Å². The summed E-state index contributed by atoms with van der Waals surface area (Å²) in [5, 5.41) is 4.11. The third kappa shape index (κ3) is 3.57. The Morgan fingerprint density at radius 2 is 2.00 bits per heavy atom. The predicted octanol–water partition coefficient (Wildman–Crippen LogP) is 2.94. The quantitative estimate of drug-likeness (QED) is 0.780. The second kappa shape index (κ2) is 7.21. The number of nitrogens with one attached hydrogen (secondary N) is 1. The Morgan fingerprint density at radius 1 is 1.19 bits per heavy atom. The van der Waals surface area contributed by atoms with Crippen molar-refractivity contribution in [3.8, 4) is 11.5 Å². The number of hydrogen-bond donors (Lipinski definition) is 1. The van der Waals surface area contributed by atoms with Gasteiger partial charge in [-0.3, -0.25) is 9.69 Å². The first-order valence-corrected chi connectivity index (χ1v) is 8.67. The summed E-state index contributed by atoms with van der Waals surface area (Å²) in [5.41, 5.74) is 1.25. The molecule has 0 bridgehead atoms. The number of aromatic amines is 1. The standard InChI is InChI=1S/C19H19FN4O2/c20-16-4-2-1-3-15(16)12-24-9-7-13(8-10-24)18-22-19(26-23-18)14-5-6-17(25)21-11-14/h1-6,11,13H,7-10,12H2,(H,21,25). The van der Waals surface area contributed by atoms with Crippen LogP contribution < -0.4 is 5.56 Å². The van der Waals surface area contributed by atoms with Gasteiger partial charge in [0.05, 0.1) is 5.56 Å². The molecule has 7 heteroatoms. The summed E-state index contributed by atoms with van der Waals surface area (Å²) < 4.78 is 19.1. The van der Waals surface area contributed by atoms with Gasteiger partial charge in [-0.15, -0.1) is 0 Å². The molecule has 0 unspecified atom stereocenters. The minimum absolute atomic E-state index is 0.154. The lowest BCUT2D eigenvalue weighted by atomic mass is 9.96. The van der Waals surface area contributed by atoms with Gasteiger partial charge in [0.2, 0.25) is 5.56 Å². The first kappa shape index (κ1) is 16.7. The Hall–Kier alpha value is -2.80. The maximum atomic E-state index is 13.8. The van der Waals surface area contributed by atoms with E-state index < -0.39 is 0 Å². The predicted molar refractivity (Wildman–Crippen MR) is 94.0 cm³/mol. The van der Waals surface area contributed by atoms with Gasteiger partial charge in [0.25, 0.3) is 5.89 Å². The van der Waals surface area contributed by atoms with Gasteiger partial charge in [0.1, 0.15) is 5.82 Å². The first-order valence-electron chi connectivity index (χ1n) is 8.67. The van der Waals surface area contributed by atoms with Crippen LogP contribution in [-0.4, -0.2) is 33.1 Å². The number of benzene rings is 1. The summed E-state index contributed by atoms with van der Waals surface area (Å²) in [6.45, 7) is 2.34. The Balaban J connectivity index is 1.38. The molecule has 2 aromatic heterocycles. The summed E-state index contributed by atoms with van der Waals surface area (Å²) in [4.78, 5) is 20.5. The van der Waals surface area contributed by atoms with E-state index in [1.807, 2.05) is 12.1 Å². The topological polar surface area (TPSA) is 75.0 Å². The molecule has 1 aromatic carbocycles. The molecule has 6 nitrogen and oxygen atoms in total. The van der Waals surface area contributed by atoms with E-state index in [0.717, 1.165) is 31.5 Å². The number of halogens is 1. The monoisotopic (exact) mass is 354 g/mol. The molecule has 0 amide bonds. The van der Waals surface area contributed by atoms with E-state index in [0.29, 0.717) is 23.8 Å². The number of aromatic nitrogens is 3. The van der Waals surface area contributed by atoms with Gasteiger partial charge in [0.15, 0.2) is 5.82 Å². The molecule has 3 heterocycles. The van der Waals surface area contributed by atoms with E-state index in [9.17, 15) is 9.18 Å². The Labute approximate surface area is 149 Å². The van der Waals surface area contributed by atoms with Crippen LogP contribution in [-0.2, 0) is 6.54 Å². The first-order chi connectivity index (χ1) is 12.7. The SMILES string of the molecule is O=c1ccc(-c2nc(C3CCN(Cc4ccccc4F)CC3)no2)c[nH]1. The zero-order chi connectivity index (χ0) is 17.9. The average molecular weight is 354 g/mol. The van der Waals surface area contributed by atoms with E-state index in [-0.39, 0.29) is 17.3 Å². The lowest BCUT2D eigenvalue weighted by Gasteiger charge is -2.30. The lowest BCUT2D eigenvalue weighted by molar-refractivity contribution is 0.198. The molecule has 4 rings (SSSR count). The van der Waals surface area contributed by atoms with Crippen molar-refractivity contribution in [2.75, 3.05) is 13.1 Å². The highest BCUT2D eigenvalue weighted by Gasteiger charge is 2.25. The van der Waals surface area contributed by atoms with Crippen molar-refractivity contribution >= 4 is 0 Å². The Bertz CT molecular complexity index is 924. The molecule has 134 valence electrons. The number of nitrogens with zero attached hydrogens (tertiary/aromatic N) is 3. The second-order valence-corrected chi connectivity index (χ2v) is 6.54. The molecule has 1 aliphatic heterocycles. The molecule has 26 heavy (non-hydrogen) atoms. The summed E-state index contributed by atoms with van der Waals surface area (Å²) in [7, 11) is 0. The highest BCUT2D eigenvalue weighted by Crippen LogP contribution is 2.28. The Morgan fingerprint density at radius 3 is 2.73 bits per heavy atom. The molecule has 3 aromatic rings. The molecular formula is C19H19FN4O2. The van der Waals surface area contributed by atoms with Crippen LogP contribution in [0.25, 0.3) is 11.5 Å². The van der Waals surface area contributed by atoms with Crippen LogP contribution in [0.15, 0.2) is 51.9 Å². The molecule has 1 saturated heterocycles. The normalized spacial score (nSPS) is 16.0. The molecule has 0 saturated carbocycles. The summed E-state index contributed by atoms with van der Waals surface area (Å²) in [6.07, 6.45) is 3.37. The summed E-state index contributed by atoms with van der Waals surface area (Å²) >= 11 is 0. The lowest BCUT2D eigenvalue weighted by Crippen LogP contribution is -2.33. The summed E-state index contributed by atoms with van der Waals surface area (Å²) in [6, 6.07) is 9.99. The molecule has 0 aliphatic carbocycles. The fraction of sp³-hybridized carbons (Fsp3) is 0.316. The van der Waals surface area contributed by atoms with Crippen LogP contribution in [0.5, 0.6) is 0 Å². The average Bonchev–Trinajstić information content (AvgIpc) is 3.15. The van der Waals surface area contributed by atoms with Crippen molar-refractivity contribution in [3.05, 3.63) is 70.2 Å². The maximum Gasteiger partial charge on any atom is 0.259 e. The fourth-order valence-electron chi connectivity index (χ4n) is 3.28. The second-order valence-electron chi connectivity index (χ2n) is 6.54. The fourth-order valence-corrected chi connectivity index (χ4v) is 3.28. The number of rotatable bonds is 4. The largest absolute Gasteiger partial charge is 0.334 e. The van der Waals surface area contributed by atoms with Crippen LogP contribution in [0.4, 0.5) is 4.39 Å². The molecule has 0 spiro atoms. The smallest absolute Gasteiger partial charge is 0.259 e. The van der Waals surface area contributed by atoms with Gasteiger partial charge < -0.3 is 9.51 Å². The highest BCUT2D eigenvalue weighted by molar-refractivity contribution is 5.50. The number of hydrogen-bond acceptors (Lipinski definition) is 5. The van der Waals surface area contributed by atoms with Crippen molar-refractivity contribution in [1.82, 2.24) is 20.0 Å². The van der Waals surface area contributed by atoms with Crippen molar-refractivity contribution in [2.24, 2.45) is 0 Å². The van der Waals surface area contributed by atoms with Crippen LogP contribution in [0, 0.1) is 5.82 Å². The van der Waals surface area contributed by atoms with E-state index >= 15 is 0 Å². The number of pyridine rings is 1. The molecular weight excluding hydrogens is 335 g/mol. The van der Waals surface area contributed by atoms with Gasteiger partial charge in [-0.05, 0) is 38.1 Å². The molecule has 0 atom stereocenters. The van der Waals surface area contributed by atoms with Crippen LogP contribution in [0.3, 0.4) is 0 Å².